The molecule has 2 aromatic carbocycles. The Balaban J connectivity index is 1.78. The van der Waals surface area contributed by atoms with Gasteiger partial charge in [-0.3, -0.25) is 14.9 Å². The van der Waals surface area contributed by atoms with E-state index in [0.29, 0.717) is 11.4 Å². The van der Waals surface area contributed by atoms with Crippen LogP contribution in [-0.2, 0) is 14.3 Å². The molecule has 0 heterocycles. The van der Waals surface area contributed by atoms with Crippen molar-refractivity contribution in [3.05, 3.63) is 64.7 Å². The van der Waals surface area contributed by atoms with Crippen molar-refractivity contribution in [2.24, 2.45) is 0 Å². The average molecular weight is 344 g/mol. The van der Waals surface area contributed by atoms with Gasteiger partial charge in [-0.2, -0.15) is 0 Å². The molecule has 2 rings (SSSR count). The number of nitro benzene ring substituents is 1. The number of nitrogens with one attached hydrogen (secondary N) is 1. The fourth-order valence-corrected chi connectivity index (χ4v) is 1.87. The number of anilines is 1. The first-order valence-electron chi connectivity index (χ1n) is 7.38. The SMILES string of the molecule is C[C@H](Oc1ccccc1)C(=O)OCC(=O)Nc1ccc([N+](=O)[O-])cc1. The number of hydrogen-bond donors (Lipinski definition) is 1. The number of benzene rings is 2. The van der Waals surface area contributed by atoms with Crippen molar-refractivity contribution < 1.29 is 24.0 Å². The van der Waals surface area contributed by atoms with Gasteiger partial charge in [0.25, 0.3) is 11.6 Å². The van der Waals surface area contributed by atoms with Crippen LogP contribution in [0.2, 0.25) is 0 Å². The highest BCUT2D eigenvalue weighted by molar-refractivity contribution is 5.93. The molecule has 0 saturated heterocycles. The summed E-state index contributed by atoms with van der Waals surface area (Å²) in [5.74, 6) is -0.723. The molecule has 1 atom stereocenters. The lowest BCUT2D eigenvalue weighted by atomic mass is 10.3. The van der Waals surface area contributed by atoms with Crippen LogP contribution in [0.5, 0.6) is 5.75 Å². The van der Waals surface area contributed by atoms with Crippen molar-refractivity contribution in [3.63, 3.8) is 0 Å². The molecule has 0 bridgehead atoms. The summed E-state index contributed by atoms with van der Waals surface area (Å²) in [5.41, 5.74) is 0.275. The van der Waals surface area contributed by atoms with Gasteiger partial charge in [-0.25, -0.2) is 4.79 Å². The number of non-ortho nitro benzene ring substituents is 1. The molecule has 1 N–H and O–H groups in total. The van der Waals surface area contributed by atoms with E-state index in [2.05, 4.69) is 5.32 Å². The summed E-state index contributed by atoms with van der Waals surface area (Å²) in [6, 6.07) is 14.1. The first-order chi connectivity index (χ1) is 12.0. The van der Waals surface area contributed by atoms with Gasteiger partial charge in [-0.1, -0.05) is 18.2 Å². The summed E-state index contributed by atoms with van der Waals surface area (Å²) < 4.78 is 10.3. The van der Waals surface area contributed by atoms with Gasteiger partial charge >= 0.3 is 5.97 Å². The fourth-order valence-electron chi connectivity index (χ4n) is 1.87. The minimum absolute atomic E-state index is 0.0867. The molecule has 2 aromatic rings. The van der Waals surface area contributed by atoms with Crippen molar-refractivity contribution in [2.45, 2.75) is 13.0 Å². The highest BCUT2D eigenvalue weighted by Gasteiger charge is 2.18. The molecule has 0 saturated carbocycles. The molecule has 0 aliphatic carbocycles. The normalized spacial score (nSPS) is 11.2. The van der Waals surface area contributed by atoms with Crippen LogP contribution in [-0.4, -0.2) is 29.5 Å². The molecule has 0 aromatic heterocycles. The van der Waals surface area contributed by atoms with E-state index in [1.165, 1.54) is 31.2 Å². The van der Waals surface area contributed by atoms with E-state index in [9.17, 15) is 19.7 Å². The predicted molar refractivity (Wildman–Crippen MR) is 89.2 cm³/mol. The van der Waals surface area contributed by atoms with Gasteiger partial charge in [0.15, 0.2) is 12.7 Å². The third kappa shape index (κ3) is 5.61. The number of carbonyl (C=O) groups is 2. The first kappa shape index (κ1) is 17.9. The van der Waals surface area contributed by atoms with Crippen LogP contribution >= 0.6 is 0 Å². The van der Waals surface area contributed by atoms with Gasteiger partial charge in [0, 0.05) is 17.8 Å². The van der Waals surface area contributed by atoms with Gasteiger partial charge in [0.1, 0.15) is 5.75 Å². The Labute approximate surface area is 143 Å². The molecule has 0 unspecified atom stereocenters. The average Bonchev–Trinajstić information content (AvgIpc) is 2.61. The molecule has 130 valence electrons. The number of rotatable bonds is 7. The van der Waals surface area contributed by atoms with E-state index in [1.807, 2.05) is 6.07 Å². The molecule has 8 nitrogen and oxygen atoms in total. The van der Waals surface area contributed by atoms with Crippen LogP contribution in [0.4, 0.5) is 11.4 Å². The number of carbonyl (C=O) groups excluding carboxylic acids is 2. The summed E-state index contributed by atoms with van der Waals surface area (Å²) in [5, 5.41) is 13.0. The van der Waals surface area contributed by atoms with Crippen LogP contribution in [0.1, 0.15) is 6.92 Å². The highest BCUT2D eigenvalue weighted by Crippen LogP contribution is 2.15. The second-order valence-corrected chi connectivity index (χ2v) is 5.03. The third-order valence-corrected chi connectivity index (χ3v) is 3.10. The van der Waals surface area contributed by atoms with E-state index in [0.717, 1.165) is 0 Å². The maximum Gasteiger partial charge on any atom is 0.347 e. The standard InChI is InChI=1S/C17H16N2O6/c1-12(25-15-5-3-2-4-6-15)17(21)24-11-16(20)18-13-7-9-14(10-8-13)19(22)23/h2-10,12H,11H2,1H3,(H,18,20)/t12-/m0/s1. The zero-order valence-corrected chi connectivity index (χ0v) is 13.4. The van der Waals surface area contributed by atoms with E-state index in [-0.39, 0.29) is 5.69 Å². The molecular formula is C17H16N2O6. The molecule has 0 aliphatic heterocycles. The molecule has 0 aliphatic rings. The smallest absolute Gasteiger partial charge is 0.347 e. The van der Waals surface area contributed by atoms with Crippen molar-refractivity contribution >= 4 is 23.3 Å². The number of ether oxygens (including phenoxy) is 2. The summed E-state index contributed by atoms with van der Waals surface area (Å²) >= 11 is 0. The predicted octanol–water partition coefficient (Wildman–Crippen LogP) is 2.54. The maximum atomic E-state index is 11.8. The molecule has 1 amide bonds. The first-order valence-corrected chi connectivity index (χ1v) is 7.38. The second kappa shape index (κ2) is 8.44. The fraction of sp³-hybridized carbons (Fsp3) is 0.176. The summed E-state index contributed by atoms with van der Waals surface area (Å²) in [4.78, 5) is 33.6. The summed E-state index contributed by atoms with van der Waals surface area (Å²) in [6.07, 6.45) is -0.866. The van der Waals surface area contributed by atoms with Crippen LogP contribution in [0.3, 0.4) is 0 Å². The minimum Gasteiger partial charge on any atom is -0.479 e. The zero-order valence-electron chi connectivity index (χ0n) is 13.4. The van der Waals surface area contributed by atoms with E-state index in [1.54, 1.807) is 24.3 Å². The molecule has 0 spiro atoms. The van der Waals surface area contributed by atoms with E-state index in [4.69, 9.17) is 9.47 Å². The van der Waals surface area contributed by atoms with Crippen LogP contribution in [0.25, 0.3) is 0 Å². The van der Waals surface area contributed by atoms with Gasteiger partial charge < -0.3 is 14.8 Å². The topological polar surface area (TPSA) is 108 Å². The number of amides is 1. The van der Waals surface area contributed by atoms with Crippen molar-refractivity contribution in [2.75, 3.05) is 11.9 Å². The quantitative estimate of drug-likeness (QED) is 0.470. The lowest BCUT2D eigenvalue weighted by Gasteiger charge is -2.13. The Bertz CT molecular complexity index is 745. The maximum absolute atomic E-state index is 11.8. The van der Waals surface area contributed by atoms with Gasteiger partial charge in [-0.15, -0.1) is 0 Å². The Morgan fingerprint density at radius 3 is 2.36 bits per heavy atom. The monoisotopic (exact) mass is 344 g/mol. The Morgan fingerprint density at radius 2 is 1.76 bits per heavy atom. The van der Waals surface area contributed by atoms with Crippen LogP contribution < -0.4 is 10.1 Å². The number of nitrogens with zero attached hydrogens (tertiary/aromatic N) is 1. The molecule has 25 heavy (non-hydrogen) atoms. The largest absolute Gasteiger partial charge is 0.479 e. The van der Waals surface area contributed by atoms with Crippen LogP contribution in [0, 0.1) is 10.1 Å². The summed E-state index contributed by atoms with van der Waals surface area (Å²) in [7, 11) is 0. The Hall–Kier alpha value is -3.42. The molecule has 0 radical (unpaired) electrons. The Kier molecular flexibility index (Phi) is 6.05. The molecular weight excluding hydrogens is 328 g/mol. The van der Waals surface area contributed by atoms with Gasteiger partial charge in [0.05, 0.1) is 4.92 Å². The van der Waals surface area contributed by atoms with Crippen molar-refractivity contribution in [1.82, 2.24) is 0 Å². The number of esters is 1. The lowest BCUT2D eigenvalue weighted by Crippen LogP contribution is -2.29. The van der Waals surface area contributed by atoms with E-state index >= 15 is 0 Å². The number of para-hydroxylation sites is 1. The highest BCUT2D eigenvalue weighted by atomic mass is 16.6. The van der Waals surface area contributed by atoms with Crippen molar-refractivity contribution in [1.29, 1.82) is 0 Å². The zero-order chi connectivity index (χ0) is 18.2. The molecule has 0 fully saturated rings. The van der Waals surface area contributed by atoms with Gasteiger partial charge in [-0.05, 0) is 31.2 Å². The van der Waals surface area contributed by atoms with Crippen LogP contribution in [0.15, 0.2) is 54.6 Å². The lowest BCUT2D eigenvalue weighted by molar-refractivity contribution is -0.384. The number of nitro groups is 1. The minimum atomic E-state index is -0.866. The van der Waals surface area contributed by atoms with Gasteiger partial charge in [0.2, 0.25) is 0 Å². The molecule has 8 heteroatoms. The second-order valence-electron chi connectivity index (χ2n) is 5.03. The van der Waals surface area contributed by atoms with Crippen molar-refractivity contribution in [3.8, 4) is 5.75 Å². The third-order valence-electron chi connectivity index (χ3n) is 3.10. The summed E-state index contributed by atoms with van der Waals surface area (Å²) in [6.45, 7) is 1.03. The Morgan fingerprint density at radius 1 is 1.12 bits per heavy atom. The van der Waals surface area contributed by atoms with E-state index < -0.39 is 29.5 Å². The number of hydrogen-bond acceptors (Lipinski definition) is 6.